The maximum Gasteiger partial charge on any atom is 0.160 e. The summed E-state index contributed by atoms with van der Waals surface area (Å²) in [6, 6.07) is 20.3. The Morgan fingerprint density at radius 3 is 2.17 bits per heavy atom. The first-order valence-electron chi connectivity index (χ1n) is 9.14. The molecule has 0 unspecified atom stereocenters. The summed E-state index contributed by atoms with van der Waals surface area (Å²) in [6.45, 7) is 7.89. The van der Waals surface area contributed by atoms with Crippen molar-refractivity contribution in [2.45, 2.75) is 6.54 Å². The van der Waals surface area contributed by atoms with Crippen molar-refractivity contribution >= 4 is 11.3 Å². The number of hydrogen-bond donors (Lipinski definition) is 1. The van der Waals surface area contributed by atoms with E-state index >= 15 is 0 Å². The zero-order valence-electron chi connectivity index (χ0n) is 15.7. The number of nitrogens with zero attached hydrogens (tertiary/aromatic N) is 1. The van der Waals surface area contributed by atoms with Crippen LogP contribution in [0.5, 0.6) is 0 Å². The van der Waals surface area contributed by atoms with E-state index in [4.69, 9.17) is 0 Å². The van der Waals surface area contributed by atoms with Gasteiger partial charge in [-0.25, -0.2) is 8.78 Å². The molecule has 144 valence electrons. The molecule has 0 amide bonds. The van der Waals surface area contributed by atoms with Crippen LogP contribution in [0.1, 0.15) is 11.1 Å². The summed E-state index contributed by atoms with van der Waals surface area (Å²) >= 11 is 0. The van der Waals surface area contributed by atoms with E-state index in [1.807, 2.05) is 54.6 Å². The first-order valence-corrected chi connectivity index (χ1v) is 9.14. The third-order valence-electron chi connectivity index (χ3n) is 5.01. The van der Waals surface area contributed by atoms with Crippen LogP contribution in [-0.2, 0) is 6.54 Å². The summed E-state index contributed by atoms with van der Waals surface area (Å²) in [7, 11) is 0. The molecule has 1 N–H and O–H groups in total. The third-order valence-corrected chi connectivity index (χ3v) is 5.01. The van der Waals surface area contributed by atoms with Gasteiger partial charge in [0, 0.05) is 29.9 Å². The van der Waals surface area contributed by atoms with Gasteiger partial charge in [0.25, 0.3) is 0 Å². The normalized spacial score (nSPS) is 13.1. The SMILES string of the molecule is C=C(O)C1=CN(Cc2ccc(-c3ccccc3)cc2)c2cc(F)c(F)cc2C1=C. The van der Waals surface area contributed by atoms with Crippen LogP contribution in [-0.4, -0.2) is 5.11 Å². The summed E-state index contributed by atoms with van der Waals surface area (Å²) in [4.78, 5) is 1.76. The Bertz CT molecular complexity index is 1130. The van der Waals surface area contributed by atoms with E-state index in [-0.39, 0.29) is 5.76 Å². The molecule has 0 aliphatic carbocycles. The van der Waals surface area contributed by atoms with Gasteiger partial charge in [0.1, 0.15) is 5.76 Å². The second kappa shape index (κ2) is 7.40. The van der Waals surface area contributed by atoms with Crippen molar-refractivity contribution < 1.29 is 13.9 Å². The van der Waals surface area contributed by atoms with Gasteiger partial charge in [0.05, 0.1) is 5.69 Å². The van der Waals surface area contributed by atoms with Gasteiger partial charge in [-0.2, -0.15) is 0 Å². The highest BCUT2D eigenvalue weighted by molar-refractivity contribution is 5.91. The van der Waals surface area contributed by atoms with Gasteiger partial charge < -0.3 is 10.0 Å². The molecule has 0 bridgehead atoms. The quantitative estimate of drug-likeness (QED) is 0.509. The number of anilines is 1. The molecule has 4 rings (SSSR count). The second-order valence-corrected chi connectivity index (χ2v) is 6.94. The van der Waals surface area contributed by atoms with Gasteiger partial charge in [0.2, 0.25) is 0 Å². The van der Waals surface area contributed by atoms with Crippen LogP contribution in [0.4, 0.5) is 14.5 Å². The van der Waals surface area contributed by atoms with Crippen molar-refractivity contribution in [2.24, 2.45) is 0 Å². The average molecular weight is 387 g/mol. The predicted octanol–water partition coefficient (Wildman–Crippen LogP) is 6.62. The number of allylic oxidation sites excluding steroid dienone is 1. The Morgan fingerprint density at radius 1 is 0.897 bits per heavy atom. The van der Waals surface area contributed by atoms with Gasteiger partial charge in [-0.3, -0.25) is 0 Å². The van der Waals surface area contributed by atoms with E-state index in [0.29, 0.717) is 28.9 Å². The lowest BCUT2D eigenvalue weighted by atomic mass is 9.93. The largest absolute Gasteiger partial charge is 0.508 e. The number of halogens is 2. The fourth-order valence-electron chi connectivity index (χ4n) is 3.47. The molecule has 3 aromatic carbocycles. The van der Waals surface area contributed by atoms with Gasteiger partial charge in [-0.15, -0.1) is 0 Å². The maximum absolute atomic E-state index is 13.9. The third kappa shape index (κ3) is 3.57. The topological polar surface area (TPSA) is 23.5 Å². The summed E-state index contributed by atoms with van der Waals surface area (Å²) in [5, 5.41) is 9.93. The van der Waals surface area contributed by atoms with Crippen molar-refractivity contribution in [1.29, 1.82) is 0 Å². The molecule has 1 aliphatic heterocycles. The van der Waals surface area contributed by atoms with E-state index in [0.717, 1.165) is 28.8 Å². The number of hydrogen-bond acceptors (Lipinski definition) is 2. The summed E-state index contributed by atoms with van der Waals surface area (Å²) in [6.07, 6.45) is 1.66. The minimum Gasteiger partial charge on any atom is -0.508 e. The Hall–Kier alpha value is -3.66. The zero-order valence-corrected chi connectivity index (χ0v) is 15.7. The predicted molar refractivity (Wildman–Crippen MR) is 113 cm³/mol. The Labute approximate surface area is 168 Å². The maximum atomic E-state index is 13.9. The average Bonchev–Trinajstić information content (AvgIpc) is 2.72. The number of benzene rings is 3. The van der Waals surface area contributed by atoms with Crippen molar-refractivity contribution in [1.82, 2.24) is 0 Å². The molecule has 3 aromatic rings. The Morgan fingerprint density at radius 2 is 1.52 bits per heavy atom. The van der Waals surface area contributed by atoms with Crippen LogP contribution in [0.2, 0.25) is 0 Å². The second-order valence-electron chi connectivity index (χ2n) is 6.94. The van der Waals surface area contributed by atoms with E-state index in [1.165, 1.54) is 0 Å². The Balaban J connectivity index is 1.69. The fourth-order valence-corrected chi connectivity index (χ4v) is 3.47. The first kappa shape index (κ1) is 18.7. The number of aliphatic hydroxyl groups is 1. The summed E-state index contributed by atoms with van der Waals surface area (Å²) < 4.78 is 27.8. The van der Waals surface area contributed by atoms with E-state index < -0.39 is 11.6 Å². The van der Waals surface area contributed by atoms with Gasteiger partial charge in [0.15, 0.2) is 11.6 Å². The van der Waals surface area contributed by atoms with E-state index in [1.54, 1.807) is 11.1 Å². The minimum atomic E-state index is -0.957. The summed E-state index contributed by atoms with van der Waals surface area (Å²) in [5.74, 6) is -2.06. The molecule has 0 atom stereocenters. The van der Waals surface area contributed by atoms with Crippen LogP contribution in [0.25, 0.3) is 16.7 Å². The Kier molecular flexibility index (Phi) is 4.77. The van der Waals surface area contributed by atoms with Gasteiger partial charge in [-0.05, 0) is 28.3 Å². The lowest BCUT2D eigenvalue weighted by molar-refractivity contribution is 0.429. The highest BCUT2D eigenvalue weighted by Gasteiger charge is 2.24. The van der Waals surface area contributed by atoms with Gasteiger partial charge >= 0.3 is 0 Å². The lowest BCUT2D eigenvalue weighted by Gasteiger charge is -2.30. The van der Waals surface area contributed by atoms with Crippen LogP contribution in [0, 0.1) is 11.6 Å². The molecule has 0 saturated heterocycles. The van der Waals surface area contributed by atoms with Crippen LogP contribution < -0.4 is 4.90 Å². The molecule has 1 aliphatic rings. The van der Waals surface area contributed by atoms with Crippen LogP contribution in [0.15, 0.2) is 97.4 Å². The van der Waals surface area contributed by atoms with E-state index in [9.17, 15) is 13.9 Å². The lowest BCUT2D eigenvalue weighted by Crippen LogP contribution is -2.22. The molecule has 0 spiro atoms. The smallest absolute Gasteiger partial charge is 0.160 e. The zero-order chi connectivity index (χ0) is 20.5. The molecular weight excluding hydrogens is 368 g/mol. The van der Waals surface area contributed by atoms with Crippen LogP contribution in [0.3, 0.4) is 0 Å². The molecule has 4 heteroatoms. The monoisotopic (exact) mass is 387 g/mol. The van der Waals surface area contributed by atoms with Crippen molar-refractivity contribution in [3.8, 4) is 11.1 Å². The van der Waals surface area contributed by atoms with Crippen molar-refractivity contribution in [3.63, 3.8) is 0 Å². The van der Waals surface area contributed by atoms with Crippen LogP contribution >= 0.6 is 0 Å². The minimum absolute atomic E-state index is 0.171. The number of fused-ring (bicyclic) bond motifs is 1. The van der Waals surface area contributed by atoms with Gasteiger partial charge in [-0.1, -0.05) is 67.8 Å². The standard InChI is InChI=1S/C25H19F2NO/c1-16-21-12-23(26)24(27)13-25(21)28(15-22(16)17(2)29)14-18-8-10-20(11-9-18)19-6-4-3-5-7-19/h3-13,15,29H,1-2,14H2. The molecule has 0 saturated carbocycles. The molecule has 29 heavy (non-hydrogen) atoms. The van der Waals surface area contributed by atoms with Crippen molar-refractivity contribution in [2.75, 3.05) is 4.90 Å². The molecule has 0 radical (unpaired) electrons. The first-order chi connectivity index (χ1) is 13.9. The molecule has 0 fully saturated rings. The molecule has 2 nitrogen and oxygen atoms in total. The molecular formula is C25H19F2NO. The molecule has 1 heterocycles. The fraction of sp³-hybridized carbons (Fsp3) is 0.0400. The highest BCUT2D eigenvalue weighted by atomic mass is 19.2. The van der Waals surface area contributed by atoms with Crippen molar-refractivity contribution in [3.05, 3.63) is 120 Å². The highest BCUT2D eigenvalue weighted by Crippen LogP contribution is 2.40. The summed E-state index contributed by atoms with van der Waals surface area (Å²) in [5.41, 5.74) is 4.91. The number of aliphatic hydroxyl groups excluding tert-OH is 1. The molecule has 0 aromatic heterocycles. The van der Waals surface area contributed by atoms with E-state index in [2.05, 4.69) is 13.2 Å². The number of rotatable bonds is 4.